The maximum absolute atomic E-state index is 13.1. The number of carbonyl (C=O) groups excluding carboxylic acids is 1. The Morgan fingerprint density at radius 3 is 2.40 bits per heavy atom. The highest BCUT2D eigenvalue weighted by Gasteiger charge is 2.17. The van der Waals surface area contributed by atoms with Crippen molar-refractivity contribution in [1.29, 1.82) is 0 Å². The van der Waals surface area contributed by atoms with E-state index in [0.717, 1.165) is 49.4 Å². The van der Waals surface area contributed by atoms with E-state index in [-0.39, 0.29) is 17.8 Å². The first kappa shape index (κ1) is 22.2. The summed E-state index contributed by atoms with van der Waals surface area (Å²) in [5.41, 5.74) is 3.24. The summed E-state index contributed by atoms with van der Waals surface area (Å²) in [6, 6.07) is 14.8. The fraction of sp³-hybridized carbons (Fsp3) is 0.458. The first-order valence-electron chi connectivity index (χ1n) is 10.7. The lowest BCUT2D eigenvalue weighted by Gasteiger charge is -2.23. The van der Waals surface area contributed by atoms with Gasteiger partial charge in [0.2, 0.25) is 5.91 Å². The summed E-state index contributed by atoms with van der Waals surface area (Å²) in [5.74, 6) is -0.178. The molecule has 162 valence electrons. The Balaban J connectivity index is 1.41. The zero-order valence-corrected chi connectivity index (χ0v) is 17.9. The molecule has 0 aliphatic carbocycles. The fourth-order valence-electron chi connectivity index (χ4n) is 3.52. The molecule has 0 spiro atoms. The van der Waals surface area contributed by atoms with Crippen molar-refractivity contribution in [1.82, 2.24) is 10.2 Å². The van der Waals surface area contributed by atoms with Crippen molar-refractivity contribution in [3.63, 3.8) is 0 Å². The van der Waals surface area contributed by atoms with Gasteiger partial charge in [0, 0.05) is 38.4 Å². The summed E-state index contributed by atoms with van der Waals surface area (Å²) >= 11 is 0. The van der Waals surface area contributed by atoms with Crippen LogP contribution in [0.2, 0.25) is 0 Å². The molecule has 1 aliphatic rings. The number of nitrogens with one attached hydrogen (secondary N) is 1. The summed E-state index contributed by atoms with van der Waals surface area (Å²) in [6.45, 7) is 9.02. The van der Waals surface area contributed by atoms with Crippen molar-refractivity contribution in [3.05, 3.63) is 65.5 Å². The van der Waals surface area contributed by atoms with Gasteiger partial charge in [0.1, 0.15) is 5.82 Å². The molecule has 0 aromatic heterocycles. The van der Waals surface area contributed by atoms with Crippen molar-refractivity contribution in [3.8, 4) is 0 Å². The summed E-state index contributed by atoms with van der Waals surface area (Å²) in [5, 5.41) is 3.02. The molecule has 30 heavy (non-hydrogen) atoms. The number of hydrogen-bond donors (Lipinski definition) is 1. The predicted octanol–water partition coefficient (Wildman–Crippen LogP) is 3.58. The number of amides is 1. The number of carbonyl (C=O) groups is 1. The van der Waals surface area contributed by atoms with Crippen molar-refractivity contribution < 1.29 is 13.9 Å². The van der Waals surface area contributed by atoms with Gasteiger partial charge in [-0.25, -0.2) is 4.39 Å². The third-order valence-corrected chi connectivity index (χ3v) is 5.24. The molecule has 1 N–H and O–H groups in total. The van der Waals surface area contributed by atoms with Gasteiger partial charge in [0.15, 0.2) is 0 Å². The van der Waals surface area contributed by atoms with E-state index in [1.54, 1.807) is 0 Å². The molecule has 0 saturated carbocycles. The Hall–Kier alpha value is -2.44. The molecule has 0 bridgehead atoms. The molecule has 6 heteroatoms. The van der Waals surface area contributed by atoms with Crippen LogP contribution in [0.15, 0.2) is 48.5 Å². The summed E-state index contributed by atoms with van der Waals surface area (Å²) in [6.07, 6.45) is 1.19. The van der Waals surface area contributed by atoms with Crippen LogP contribution in [0.4, 0.5) is 10.1 Å². The topological polar surface area (TPSA) is 44.8 Å². The van der Waals surface area contributed by atoms with Crippen LogP contribution in [0, 0.1) is 5.82 Å². The Morgan fingerprint density at radius 2 is 1.70 bits per heavy atom. The zero-order chi connectivity index (χ0) is 21.3. The Labute approximate surface area is 178 Å². The van der Waals surface area contributed by atoms with Gasteiger partial charge < -0.3 is 15.0 Å². The maximum Gasteiger partial charge on any atom is 0.234 e. The van der Waals surface area contributed by atoms with Gasteiger partial charge in [-0.1, -0.05) is 24.3 Å². The van der Waals surface area contributed by atoms with E-state index < -0.39 is 0 Å². The first-order valence-corrected chi connectivity index (χ1v) is 10.7. The van der Waals surface area contributed by atoms with E-state index in [9.17, 15) is 9.18 Å². The third kappa shape index (κ3) is 7.11. The molecule has 0 unspecified atom stereocenters. The van der Waals surface area contributed by atoms with Crippen molar-refractivity contribution in [2.45, 2.75) is 39.5 Å². The highest BCUT2D eigenvalue weighted by molar-refractivity contribution is 5.78. The van der Waals surface area contributed by atoms with E-state index in [2.05, 4.69) is 15.1 Å². The minimum Gasteiger partial charge on any atom is -0.374 e. The van der Waals surface area contributed by atoms with Gasteiger partial charge in [-0.3, -0.25) is 9.69 Å². The van der Waals surface area contributed by atoms with E-state index in [1.165, 1.54) is 12.1 Å². The average molecular weight is 414 g/mol. The molecule has 3 rings (SSSR count). The van der Waals surface area contributed by atoms with Gasteiger partial charge >= 0.3 is 0 Å². The Morgan fingerprint density at radius 1 is 1.00 bits per heavy atom. The largest absolute Gasteiger partial charge is 0.374 e. The van der Waals surface area contributed by atoms with Crippen LogP contribution in [0.3, 0.4) is 0 Å². The van der Waals surface area contributed by atoms with Crippen molar-refractivity contribution in [2.75, 3.05) is 37.6 Å². The predicted molar refractivity (Wildman–Crippen MR) is 118 cm³/mol. The number of benzene rings is 2. The molecule has 1 aliphatic heterocycles. The molecule has 0 radical (unpaired) electrons. The van der Waals surface area contributed by atoms with Crippen molar-refractivity contribution >= 4 is 11.6 Å². The quantitative estimate of drug-likeness (QED) is 0.719. The van der Waals surface area contributed by atoms with Crippen LogP contribution >= 0.6 is 0 Å². The standard InChI is InChI=1S/C24H32FN3O2/c1-19(2)30-18-21-6-4-20(5-7-21)16-26-24(29)17-27-12-3-13-28(15-14-27)23-10-8-22(25)9-11-23/h4-11,19H,3,12-18H2,1-2H3,(H,26,29). The summed E-state index contributed by atoms with van der Waals surface area (Å²) < 4.78 is 18.7. The molecular formula is C24H32FN3O2. The molecular weight excluding hydrogens is 381 g/mol. The van der Waals surface area contributed by atoms with Gasteiger partial charge in [-0.05, 0) is 55.7 Å². The van der Waals surface area contributed by atoms with Crippen LogP contribution < -0.4 is 10.2 Å². The van der Waals surface area contributed by atoms with Gasteiger partial charge in [0.05, 0.1) is 19.3 Å². The molecule has 1 fully saturated rings. The van der Waals surface area contributed by atoms with Crippen LogP contribution in [0.1, 0.15) is 31.4 Å². The molecule has 1 saturated heterocycles. The summed E-state index contributed by atoms with van der Waals surface area (Å²) in [4.78, 5) is 16.8. The molecule has 0 atom stereocenters. The van der Waals surface area contributed by atoms with E-state index >= 15 is 0 Å². The number of hydrogen-bond acceptors (Lipinski definition) is 4. The summed E-state index contributed by atoms with van der Waals surface area (Å²) in [7, 11) is 0. The third-order valence-electron chi connectivity index (χ3n) is 5.24. The molecule has 5 nitrogen and oxygen atoms in total. The minimum absolute atomic E-state index is 0.0393. The Bertz CT molecular complexity index is 793. The molecule has 1 heterocycles. The second-order valence-electron chi connectivity index (χ2n) is 8.05. The van der Waals surface area contributed by atoms with E-state index in [4.69, 9.17) is 4.74 Å². The van der Waals surface area contributed by atoms with E-state index in [1.807, 2.05) is 50.2 Å². The van der Waals surface area contributed by atoms with Crippen LogP contribution in [-0.2, 0) is 22.7 Å². The smallest absolute Gasteiger partial charge is 0.234 e. The lowest BCUT2D eigenvalue weighted by atomic mass is 10.1. The fourth-order valence-corrected chi connectivity index (χ4v) is 3.52. The SMILES string of the molecule is CC(C)OCc1ccc(CNC(=O)CN2CCCN(c3ccc(F)cc3)CC2)cc1. The average Bonchev–Trinajstić information content (AvgIpc) is 2.97. The second kappa shape index (κ2) is 11.1. The van der Waals surface area contributed by atoms with Gasteiger partial charge in [-0.2, -0.15) is 0 Å². The number of ether oxygens (including phenoxy) is 1. The van der Waals surface area contributed by atoms with Crippen LogP contribution in [0.5, 0.6) is 0 Å². The van der Waals surface area contributed by atoms with Crippen LogP contribution in [0.25, 0.3) is 0 Å². The first-order chi connectivity index (χ1) is 14.5. The monoisotopic (exact) mass is 413 g/mol. The van der Waals surface area contributed by atoms with E-state index in [0.29, 0.717) is 19.7 Å². The zero-order valence-electron chi connectivity index (χ0n) is 17.9. The molecule has 2 aromatic carbocycles. The van der Waals surface area contributed by atoms with Crippen LogP contribution in [-0.4, -0.2) is 49.6 Å². The number of halogens is 1. The number of nitrogens with zero attached hydrogens (tertiary/aromatic N) is 2. The lowest BCUT2D eigenvalue weighted by Crippen LogP contribution is -2.39. The Kier molecular flexibility index (Phi) is 8.22. The van der Waals surface area contributed by atoms with Gasteiger partial charge in [-0.15, -0.1) is 0 Å². The second-order valence-corrected chi connectivity index (χ2v) is 8.05. The number of anilines is 1. The normalized spacial score (nSPS) is 15.3. The van der Waals surface area contributed by atoms with Gasteiger partial charge in [0.25, 0.3) is 0 Å². The maximum atomic E-state index is 13.1. The number of rotatable bonds is 8. The minimum atomic E-state index is -0.217. The highest BCUT2D eigenvalue weighted by Crippen LogP contribution is 2.17. The highest BCUT2D eigenvalue weighted by atomic mass is 19.1. The molecule has 2 aromatic rings. The van der Waals surface area contributed by atoms with Crippen molar-refractivity contribution in [2.24, 2.45) is 0 Å². The molecule has 1 amide bonds. The lowest BCUT2D eigenvalue weighted by molar-refractivity contribution is -0.122.